The Morgan fingerprint density at radius 2 is 1.78 bits per heavy atom. The minimum atomic E-state index is -0.158. The van der Waals surface area contributed by atoms with Crippen molar-refractivity contribution in [2.24, 2.45) is 0 Å². The summed E-state index contributed by atoms with van der Waals surface area (Å²) < 4.78 is 0. The number of para-hydroxylation sites is 2. The zero-order chi connectivity index (χ0) is 18.6. The molecule has 132 valence electrons. The number of pyridine rings is 1. The number of nitrogens with zero attached hydrogens (tertiary/aromatic N) is 3. The fraction of sp³-hybridized carbons (Fsp3) is 0.0909. The molecule has 2 aromatic heterocycles. The Kier molecular flexibility index (Phi) is 4.58. The standard InChI is InChI=1S/C22H18N4O/c1-2-15-7-8-17(21-14-24-18-5-3-4-6-19(18)25-21)13-20(15)26-22(27)16-9-11-23-12-10-16/h3-14H,2H2,1H3,(H,26,27). The topological polar surface area (TPSA) is 67.8 Å². The van der Waals surface area contributed by atoms with Crippen LogP contribution in [0.5, 0.6) is 0 Å². The summed E-state index contributed by atoms with van der Waals surface area (Å²) in [5.41, 5.74) is 5.81. The molecule has 0 spiro atoms. The number of benzene rings is 2. The second-order valence-corrected chi connectivity index (χ2v) is 6.16. The van der Waals surface area contributed by atoms with Crippen molar-refractivity contribution < 1.29 is 4.79 Å². The highest BCUT2D eigenvalue weighted by Gasteiger charge is 2.11. The van der Waals surface area contributed by atoms with E-state index in [9.17, 15) is 4.79 Å². The SMILES string of the molecule is CCc1ccc(-c2cnc3ccccc3n2)cc1NC(=O)c1ccncc1. The average Bonchev–Trinajstić information content (AvgIpc) is 2.74. The number of hydrogen-bond donors (Lipinski definition) is 1. The highest BCUT2D eigenvalue weighted by Crippen LogP contribution is 2.26. The van der Waals surface area contributed by atoms with Crippen molar-refractivity contribution in [3.8, 4) is 11.3 Å². The van der Waals surface area contributed by atoms with Crippen LogP contribution in [0.4, 0.5) is 5.69 Å². The second-order valence-electron chi connectivity index (χ2n) is 6.16. The van der Waals surface area contributed by atoms with Crippen LogP contribution in [0.15, 0.2) is 73.2 Å². The van der Waals surface area contributed by atoms with Crippen molar-refractivity contribution >= 4 is 22.6 Å². The first-order chi connectivity index (χ1) is 13.2. The molecular formula is C22H18N4O. The number of amides is 1. The van der Waals surface area contributed by atoms with Crippen LogP contribution in [0, 0.1) is 0 Å². The van der Waals surface area contributed by atoms with Gasteiger partial charge in [-0.05, 0) is 42.3 Å². The summed E-state index contributed by atoms with van der Waals surface area (Å²) in [4.78, 5) is 25.7. The summed E-state index contributed by atoms with van der Waals surface area (Å²) in [7, 11) is 0. The lowest BCUT2D eigenvalue weighted by Crippen LogP contribution is -2.13. The molecule has 0 atom stereocenters. The molecule has 0 aliphatic heterocycles. The normalized spacial score (nSPS) is 10.7. The van der Waals surface area contributed by atoms with Crippen LogP contribution in [0.2, 0.25) is 0 Å². The van der Waals surface area contributed by atoms with Crippen molar-refractivity contribution in [3.63, 3.8) is 0 Å². The van der Waals surface area contributed by atoms with E-state index in [0.29, 0.717) is 5.56 Å². The van der Waals surface area contributed by atoms with E-state index in [0.717, 1.165) is 40.0 Å². The molecule has 0 aliphatic carbocycles. The van der Waals surface area contributed by atoms with Gasteiger partial charge >= 0.3 is 0 Å². The second kappa shape index (κ2) is 7.33. The fourth-order valence-corrected chi connectivity index (χ4v) is 2.95. The van der Waals surface area contributed by atoms with Crippen molar-refractivity contribution in [1.29, 1.82) is 0 Å². The van der Waals surface area contributed by atoms with E-state index in [4.69, 9.17) is 4.98 Å². The quantitative estimate of drug-likeness (QED) is 0.586. The van der Waals surface area contributed by atoms with Gasteiger partial charge in [0.15, 0.2) is 0 Å². The predicted octanol–water partition coefficient (Wildman–Crippen LogP) is 4.51. The van der Waals surface area contributed by atoms with Gasteiger partial charge in [-0.25, -0.2) is 4.98 Å². The van der Waals surface area contributed by atoms with Gasteiger partial charge in [-0.15, -0.1) is 0 Å². The molecule has 0 aliphatic rings. The molecule has 5 heteroatoms. The van der Waals surface area contributed by atoms with Gasteiger partial charge in [0.25, 0.3) is 5.91 Å². The summed E-state index contributed by atoms with van der Waals surface area (Å²) in [6.45, 7) is 2.06. The highest BCUT2D eigenvalue weighted by atomic mass is 16.1. The number of anilines is 1. The van der Waals surface area contributed by atoms with Crippen LogP contribution in [0.25, 0.3) is 22.3 Å². The van der Waals surface area contributed by atoms with E-state index in [1.807, 2.05) is 42.5 Å². The first-order valence-electron chi connectivity index (χ1n) is 8.81. The zero-order valence-corrected chi connectivity index (χ0v) is 14.9. The Hall–Kier alpha value is -3.60. The summed E-state index contributed by atoms with van der Waals surface area (Å²) in [6, 6.07) is 17.1. The maximum atomic E-state index is 12.5. The van der Waals surface area contributed by atoms with E-state index in [1.54, 1.807) is 30.7 Å². The van der Waals surface area contributed by atoms with Crippen LogP contribution in [0.1, 0.15) is 22.8 Å². The summed E-state index contributed by atoms with van der Waals surface area (Å²) in [5, 5.41) is 3.01. The van der Waals surface area contributed by atoms with Gasteiger partial charge in [0.05, 0.1) is 22.9 Å². The highest BCUT2D eigenvalue weighted by molar-refractivity contribution is 6.04. The monoisotopic (exact) mass is 354 g/mol. The Labute approximate surface area is 157 Å². The first kappa shape index (κ1) is 16.8. The zero-order valence-electron chi connectivity index (χ0n) is 14.9. The summed E-state index contributed by atoms with van der Waals surface area (Å²) in [5.74, 6) is -0.158. The molecule has 0 unspecified atom stereocenters. The molecule has 1 amide bonds. The molecule has 4 rings (SSSR count). The number of nitrogens with one attached hydrogen (secondary N) is 1. The third kappa shape index (κ3) is 3.53. The molecule has 0 bridgehead atoms. The van der Waals surface area contributed by atoms with Crippen molar-refractivity contribution in [2.45, 2.75) is 13.3 Å². The number of carbonyl (C=O) groups is 1. The number of carbonyl (C=O) groups excluding carboxylic acids is 1. The Morgan fingerprint density at radius 3 is 2.56 bits per heavy atom. The van der Waals surface area contributed by atoms with E-state index < -0.39 is 0 Å². The summed E-state index contributed by atoms with van der Waals surface area (Å²) in [6.07, 6.45) is 5.79. The van der Waals surface area contributed by atoms with Crippen molar-refractivity contribution in [1.82, 2.24) is 15.0 Å². The Morgan fingerprint density at radius 1 is 1.00 bits per heavy atom. The van der Waals surface area contributed by atoms with Crippen molar-refractivity contribution in [3.05, 3.63) is 84.3 Å². The maximum absolute atomic E-state index is 12.5. The van der Waals surface area contributed by atoms with Gasteiger partial charge in [-0.3, -0.25) is 14.8 Å². The molecule has 0 radical (unpaired) electrons. The molecular weight excluding hydrogens is 336 g/mol. The third-order valence-corrected chi connectivity index (χ3v) is 4.43. The van der Waals surface area contributed by atoms with Gasteiger partial charge in [-0.2, -0.15) is 0 Å². The Bertz CT molecular complexity index is 1110. The van der Waals surface area contributed by atoms with E-state index >= 15 is 0 Å². The predicted molar refractivity (Wildman–Crippen MR) is 107 cm³/mol. The lowest BCUT2D eigenvalue weighted by molar-refractivity contribution is 0.102. The van der Waals surface area contributed by atoms with Crippen LogP contribution in [0.3, 0.4) is 0 Å². The van der Waals surface area contributed by atoms with E-state index in [-0.39, 0.29) is 5.91 Å². The lowest BCUT2D eigenvalue weighted by Gasteiger charge is -2.12. The first-order valence-corrected chi connectivity index (χ1v) is 8.81. The van der Waals surface area contributed by atoms with Gasteiger partial charge in [0.1, 0.15) is 0 Å². The average molecular weight is 354 g/mol. The van der Waals surface area contributed by atoms with Crippen LogP contribution in [-0.2, 0) is 6.42 Å². The van der Waals surface area contributed by atoms with Crippen LogP contribution >= 0.6 is 0 Å². The van der Waals surface area contributed by atoms with Crippen molar-refractivity contribution in [2.75, 3.05) is 5.32 Å². The lowest BCUT2D eigenvalue weighted by atomic mass is 10.0. The fourth-order valence-electron chi connectivity index (χ4n) is 2.95. The molecule has 0 saturated heterocycles. The smallest absolute Gasteiger partial charge is 0.255 e. The largest absolute Gasteiger partial charge is 0.322 e. The van der Waals surface area contributed by atoms with Gasteiger partial charge < -0.3 is 5.32 Å². The molecule has 0 fully saturated rings. The minimum Gasteiger partial charge on any atom is -0.322 e. The number of aryl methyl sites for hydroxylation is 1. The van der Waals surface area contributed by atoms with Crippen LogP contribution in [-0.4, -0.2) is 20.9 Å². The molecule has 27 heavy (non-hydrogen) atoms. The molecule has 0 saturated carbocycles. The molecule has 4 aromatic rings. The van der Waals surface area contributed by atoms with Crippen LogP contribution < -0.4 is 5.32 Å². The molecule has 2 aromatic carbocycles. The number of rotatable bonds is 4. The molecule has 2 heterocycles. The van der Waals surface area contributed by atoms with Gasteiger partial charge in [0, 0.05) is 29.2 Å². The molecule has 5 nitrogen and oxygen atoms in total. The summed E-state index contributed by atoms with van der Waals surface area (Å²) >= 11 is 0. The van der Waals surface area contributed by atoms with Gasteiger partial charge in [0.2, 0.25) is 0 Å². The maximum Gasteiger partial charge on any atom is 0.255 e. The number of hydrogen-bond acceptors (Lipinski definition) is 4. The minimum absolute atomic E-state index is 0.158. The molecule has 1 N–H and O–H groups in total. The van der Waals surface area contributed by atoms with Gasteiger partial charge in [-0.1, -0.05) is 31.2 Å². The number of fused-ring (bicyclic) bond motifs is 1. The Balaban J connectivity index is 1.70. The van der Waals surface area contributed by atoms with E-state index in [1.165, 1.54) is 0 Å². The third-order valence-electron chi connectivity index (χ3n) is 4.43. The number of aromatic nitrogens is 3. The van der Waals surface area contributed by atoms with E-state index in [2.05, 4.69) is 22.2 Å².